The molecular formula is C17H24N2O4S. The molecular weight excluding hydrogens is 328 g/mol. The zero-order valence-electron chi connectivity index (χ0n) is 14.5. The highest BCUT2D eigenvalue weighted by Crippen LogP contribution is 2.22. The number of carbonyl (C=O) groups excluding carboxylic acids is 2. The molecule has 1 aromatic rings. The fraction of sp³-hybridized carbons (Fsp3) is 0.529. The normalized spacial score (nSPS) is 19.0. The van der Waals surface area contributed by atoms with Gasteiger partial charge in [-0.3, -0.25) is 9.00 Å². The molecule has 1 saturated heterocycles. The van der Waals surface area contributed by atoms with Crippen molar-refractivity contribution in [1.29, 1.82) is 0 Å². The van der Waals surface area contributed by atoms with Crippen LogP contribution in [-0.4, -0.2) is 46.1 Å². The molecule has 1 N–H and O–H groups in total. The Hall–Kier alpha value is -1.89. The largest absolute Gasteiger partial charge is 0.444 e. The van der Waals surface area contributed by atoms with Crippen LogP contribution in [0, 0.1) is 5.92 Å². The van der Waals surface area contributed by atoms with E-state index in [9.17, 15) is 13.8 Å². The second-order valence-electron chi connectivity index (χ2n) is 6.88. The van der Waals surface area contributed by atoms with Crippen molar-refractivity contribution < 1.29 is 18.5 Å². The molecule has 2 amide bonds. The molecule has 1 aromatic carbocycles. The van der Waals surface area contributed by atoms with E-state index in [1.54, 1.807) is 35.4 Å². The van der Waals surface area contributed by atoms with Gasteiger partial charge in [-0.15, -0.1) is 0 Å². The smallest absolute Gasteiger partial charge is 0.410 e. The van der Waals surface area contributed by atoms with Crippen LogP contribution < -0.4 is 5.32 Å². The lowest BCUT2D eigenvalue weighted by atomic mass is 10.1. The zero-order valence-corrected chi connectivity index (χ0v) is 15.3. The van der Waals surface area contributed by atoms with Crippen LogP contribution in [0.5, 0.6) is 0 Å². The van der Waals surface area contributed by atoms with Gasteiger partial charge in [0.15, 0.2) is 0 Å². The van der Waals surface area contributed by atoms with Crippen LogP contribution in [0.1, 0.15) is 27.2 Å². The maximum atomic E-state index is 12.4. The van der Waals surface area contributed by atoms with Gasteiger partial charge in [-0.2, -0.15) is 0 Å². The summed E-state index contributed by atoms with van der Waals surface area (Å²) in [5.74, 6) is -0.409. The quantitative estimate of drug-likeness (QED) is 0.907. The average Bonchev–Trinajstić information content (AvgIpc) is 2.95. The van der Waals surface area contributed by atoms with E-state index in [2.05, 4.69) is 5.32 Å². The van der Waals surface area contributed by atoms with E-state index >= 15 is 0 Å². The average molecular weight is 352 g/mol. The fourth-order valence-electron chi connectivity index (χ4n) is 2.46. The minimum atomic E-state index is -1.10. The van der Waals surface area contributed by atoms with Gasteiger partial charge in [0.25, 0.3) is 0 Å². The molecule has 1 aliphatic rings. The van der Waals surface area contributed by atoms with Gasteiger partial charge in [-0.1, -0.05) is 6.07 Å². The van der Waals surface area contributed by atoms with E-state index in [1.807, 2.05) is 20.8 Å². The third kappa shape index (κ3) is 5.06. The number of ether oxygens (including phenoxy) is 1. The lowest BCUT2D eigenvalue weighted by Crippen LogP contribution is -2.36. The lowest BCUT2D eigenvalue weighted by Gasteiger charge is -2.24. The van der Waals surface area contributed by atoms with Crippen LogP contribution in [0.4, 0.5) is 10.5 Å². The lowest BCUT2D eigenvalue weighted by molar-refractivity contribution is -0.119. The highest BCUT2D eigenvalue weighted by atomic mass is 32.2. The molecule has 1 aliphatic heterocycles. The fourth-order valence-corrected chi connectivity index (χ4v) is 3.03. The molecule has 0 spiro atoms. The molecule has 0 saturated carbocycles. The van der Waals surface area contributed by atoms with Gasteiger partial charge in [0, 0.05) is 40.7 Å². The molecule has 7 heteroatoms. The number of benzene rings is 1. The Labute approximate surface area is 145 Å². The van der Waals surface area contributed by atoms with Crippen molar-refractivity contribution in [2.75, 3.05) is 24.7 Å². The highest BCUT2D eigenvalue weighted by molar-refractivity contribution is 7.84. The van der Waals surface area contributed by atoms with E-state index in [-0.39, 0.29) is 17.9 Å². The Bertz CT molecular complexity index is 654. The van der Waals surface area contributed by atoms with Crippen LogP contribution >= 0.6 is 0 Å². The van der Waals surface area contributed by atoms with Crippen molar-refractivity contribution in [2.24, 2.45) is 5.92 Å². The van der Waals surface area contributed by atoms with Gasteiger partial charge in [-0.05, 0) is 45.4 Å². The number of nitrogens with zero attached hydrogens (tertiary/aromatic N) is 1. The molecule has 1 fully saturated rings. The van der Waals surface area contributed by atoms with Crippen LogP contribution in [0.15, 0.2) is 29.2 Å². The Morgan fingerprint density at radius 2 is 2.04 bits per heavy atom. The van der Waals surface area contributed by atoms with Gasteiger partial charge in [0.2, 0.25) is 5.91 Å². The molecule has 132 valence electrons. The number of likely N-dealkylation sites (tertiary alicyclic amines) is 1. The van der Waals surface area contributed by atoms with Crippen LogP contribution in [-0.2, 0) is 20.3 Å². The number of rotatable bonds is 3. The zero-order chi connectivity index (χ0) is 17.9. The predicted molar refractivity (Wildman–Crippen MR) is 93.3 cm³/mol. The minimum absolute atomic E-state index is 0.139. The Morgan fingerprint density at radius 3 is 2.67 bits per heavy atom. The topological polar surface area (TPSA) is 75.7 Å². The number of anilines is 1. The first-order valence-electron chi connectivity index (χ1n) is 7.88. The molecule has 24 heavy (non-hydrogen) atoms. The monoisotopic (exact) mass is 352 g/mol. The van der Waals surface area contributed by atoms with Crippen molar-refractivity contribution >= 4 is 28.5 Å². The van der Waals surface area contributed by atoms with Crippen molar-refractivity contribution in [3.05, 3.63) is 24.3 Å². The Balaban J connectivity index is 1.94. The highest BCUT2D eigenvalue weighted by Gasteiger charge is 2.33. The van der Waals surface area contributed by atoms with E-state index in [0.717, 1.165) is 0 Å². The first-order chi connectivity index (χ1) is 11.2. The van der Waals surface area contributed by atoms with Crippen molar-refractivity contribution in [1.82, 2.24) is 4.90 Å². The van der Waals surface area contributed by atoms with Crippen LogP contribution in [0.25, 0.3) is 0 Å². The predicted octanol–water partition coefficient (Wildman–Crippen LogP) is 2.62. The van der Waals surface area contributed by atoms with Gasteiger partial charge in [-0.25, -0.2) is 4.79 Å². The van der Waals surface area contributed by atoms with Gasteiger partial charge in [0.1, 0.15) is 5.60 Å². The Morgan fingerprint density at radius 1 is 1.33 bits per heavy atom. The summed E-state index contributed by atoms with van der Waals surface area (Å²) in [4.78, 5) is 26.7. The molecule has 1 heterocycles. The minimum Gasteiger partial charge on any atom is -0.444 e. The molecule has 0 bridgehead atoms. The summed E-state index contributed by atoms with van der Waals surface area (Å²) < 4.78 is 16.8. The first kappa shape index (κ1) is 18.4. The van der Waals surface area contributed by atoms with Crippen molar-refractivity contribution in [2.45, 2.75) is 37.7 Å². The van der Waals surface area contributed by atoms with E-state index in [1.165, 1.54) is 0 Å². The first-order valence-corrected chi connectivity index (χ1v) is 9.44. The second kappa shape index (κ2) is 7.34. The SMILES string of the molecule is C[S@](=O)c1cccc(NC(=O)[C@H]2CCN(C(=O)OC(C)(C)C)C2)c1. The summed E-state index contributed by atoms with van der Waals surface area (Å²) in [6.45, 7) is 6.30. The number of hydrogen-bond acceptors (Lipinski definition) is 4. The molecule has 0 unspecified atom stereocenters. The van der Waals surface area contributed by atoms with Gasteiger partial charge in [0.05, 0.1) is 5.92 Å². The number of carbonyl (C=O) groups is 2. The number of hydrogen-bond donors (Lipinski definition) is 1. The molecule has 0 aromatic heterocycles. The summed E-state index contributed by atoms with van der Waals surface area (Å²) in [5.41, 5.74) is 0.0663. The second-order valence-corrected chi connectivity index (χ2v) is 8.26. The molecule has 0 radical (unpaired) electrons. The van der Waals surface area contributed by atoms with Gasteiger partial charge < -0.3 is 15.0 Å². The maximum Gasteiger partial charge on any atom is 0.410 e. The summed E-state index contributed by atoms with van der Waals surface area (Å²) in [6, 6.07) is 6.98. The summed E-state index contributed by atoms with van der Waals surface area (Å²) in [5, 5.41) is 2.83. The third-order valence-electron chi connectivity index (χ3n) is 3.64. The maximum absolute atomic E-state index is 12.4. The Kier molecular flexibility index (Phi) is 5.64. The number of amides is 2. The summed E-state index contributed by atoms with van der Waals surface area (Å²) >= 11 is 0. The molecule has 2 rings (SSSR count). The van der Waals surface area contributed by atoms with E-state index < -0.39 is 16.4 Å². The summed E-state index contributed by atoms with van der Waals surface area (Å²) in [7, 11) is -1.10. The van der Waals surface area contributed by atoms with Crippen molar-refractivity contribution in [3.63, 3.8) is 0 Å². The van der Waals surface area contributed by atoms with E-state index in [4.69, 9.17) is 4.74 Å². The van der Waals surface area contributed by atoms with Crippen LogP contribution in [0.3, 0.4) is 0 Å². The summed E-state index contributed by atoms with van der Waals surface area (Å²) in [6.07, 6.45) is 1.81. The van der Waals surface area contributed by atoms with Crippen LogP contribution in [0.2, 0.25) is 0 Å². The molecule has 6 nitrogen and oxygen atoms in total. The molecule has 0 aliphatic carbocycles. The standard InChI is InChI=1S/C17H24N2O4S/c1-17(2,3)23-16(21)19-9-8-12(11-19)15(20)18-13-6-5-7-14(10-13)24(4)22/h5-7,10,12H,8-9,11H2,1-4H3,(H,18,20)/t12-,24-/m0/s1. The molecule has 2 atom stereocenters. The third-order valence-corrected chi connectivity index (χ3v) is 4.56. The number of nitrogens with one attached hydrogen (secondary N) is 1. The van der Waals surface area contributed by atoms with E-state index in [0.29, 0.717) is 30.1 Å². The van der Waals surface area contributed by atoms with Gasteiger partial charge >= 0.3 is 6.09 Å². The van der Waals surface area contributed by atoms with Crippen molar-refractivity contribution in [3.8, 4) is 0 Å².